The van der Waals surface area contributed by atoms with Crippen LogP contribution in [0.4, 0.5) is 0 Å². The number of ether oxygens (including phenoxy) is 1. The Morgan fingerprint density at radius 2 is 1.51 bits per heavy atom. The predicted octanol–water partition coefficient (Wildman–Crippen LogP) is 1.88. The molecule has 202 valence electrons. The van der Waals surface area contributed by atoms with Crippen LogP contribution in [-0.4, -0.2) is 67.1 Å². The zero-order chi connectivity index (χ0) is 28.5. The maximum atomic E-state index is 14.1. The number of Topliss-reactive ketones (excluding diaryl/α,β-unsaturated/α-hetero) is 1. The molecule has 2 aromatic rings. The molecule has 2 unspecified atom stereocenters. The van der Waals surface area contributed by atoms with Gasteiger partial charge in [-0.05, 0) is 16.5 Å². The molecule has 2 amide bonds. The molecule has 0 aromatic heterocycles. The van der Waals surface area contributed by atoms with Gasteiger partial charge in [-0.3, -0.25) is 19.3 Å². The van der Waals surface area contributed by atoms with E-state index in [9.17, 15) is 39.0 Å². The lowest BCUT2D eigenvalue weighted by atomic mass is 9.76. The van der Waals surface area contributed by atoms with Crippen molar-refractivity contribution in [3.8, 4) is 0 Å². The van der Waals surface area contributed by atoms with Crippen LogP contribution in [0.1, 0.15) is 37.5 Å². The van der Waals surface area contributed by atoms with Crippen LogP contribution in [0.5, 0.6) is 0 Å². The van der Waals surface area contributed by atoms with E-state index in [1.807, 2.05) is 0 Å². The first-order valence-corrected chi connectivity index (χ1v) is 12.8. The molecule has 3 atom stereocenters. The second kappa shape index (κ2) is 10.4. The summed E-state index contributed by atoms with van der Waals surface area (Å²) in [7, 11) is 0. The van der Waals surface area contributed by atoms with Crippen molar-refractivity contribution in [3.63, 3.8) is 0 Å². The number of carboxylic acid groups (broad SMARTS) is 2. The summed E-state index contributed by atoms with van der Waals surface area (Å²) < 4.78 is 5.81. The molecule has 2 aliphatic heterocycles. The van der Waals surface area contributed by atoms with Crippen molar-refractivity contribution in [1.82, 2.24) is 10.2 Å². The van der Waals surface area contributed by atoms with Crippen LogP contribution in [-0.2, 0) is 33.5 Å². The Kier molecular flexibility index (Phi) is 7.33. The van der Waals surface area contributed by atoms with Gasteiger partial charge in [0.05, 0.1) is 0 Å². The number of hydrogen-bond donors (Lipinski definition) is 3. The molecule has 12 heteroatoms. The molecular weight excluding hydrogens is 528 g/mol. The van der Waals surface area contributed by atoms with E-state index in [-0.39, 0.29) is 6.42 Å². The zero-order valence-corrected chi connectivity index (χ0v) is 21.6. The number of β-lactam (4-membered cyclic amide) rings is 1. The second-order valence-corrected chi connectivity index (χ2v) is 9.84. The third-order valence-electron chi connectivity index (χ3n) is 6.59. The monoisotopic (exact) mass is 552 g/mol. The molecule has 3 N–H and O–H groups in total. The van der Waals surface area contributed by atoms with Gasteiger partial charge in [-0.1, -0.05) is 67.6 Å². The molecule has 0 radical (unpaired) electrons. The van der Waals surface area contributed by atoms with Gasteiger partial charge in [0.2, 0.25) is 11.4 Å². The SMILES string of the molecule is CCC(=O)C1=CS[C@@H]2N(C(=O)C2(NC(C)=O)C(=O)O)C1(C(=O)O)C(=O)OC(c1ccccc1)c1ccccc1. The lowest BCUT2D eigenvalue weighted by Gasteiger charge is -2.59. The summed E-state index contributed by atoms with van der Waals surface area (Å²) in [5, 5.41) is 22.1. The number of fused-ring (bicyclic) bond motifs is 1. The molecule has 2 aliphatic rings. The number of amides is 2. The number of carbonyl (C=O) groups excluding carboxylic acids is 4. The Hall–Kier alpha value is -4.45. The highest BCUT2D eigenvalue weighted by molar-refractivity contribution is 8.03. The highest BCUT2D eigenvalue weighted by Gasteiger charge is 2.78. The number of rotatable bonds is 9. The highest BCUT2D eigenvalue weighted by atomic mass is 32.2. The van der Waals surface area contributed by atoms with Gasteiger partial charge >= 0.3 is 17.9 Å². The Morgan fingerprint density at radius 1 is 0.974 bits per heavy atom. The summed E-state index contributed by atoms with van der Waals surface area (Å²) in [4.78, 5) is 78.2. The molecule has 1 fully saturated rings. The smallest absolute Gasteiger partial charge is 0.349 e. The quantitative estimate of drug-likeness (QED) is 0.237. The topological polar surface area (TPSA) is 167 Å². The Balaban J connectivity index is 1.89. The van der Waals surface area contributed by atoms with Crippen LogP contribution in [0, 0.1) is 0 Å². The largest absolute Gasteiger partial charge is 0.479 e. The molecule has 0 saturated carbocycles. The lowest BCUT2D eigenvalue weighted by molar-refractivity contribution is -0.195. The van der Waals surface area contributed by atoms with Gasteiger partial charge in [0, 0.05) is 18.9 Å². The van der Waals surface area contributed by atoms with Crippen molar-refractivity contribution in [2.45, 2.75) is 42.8 Å². The number of carboxylic acids is 2. The number of nitrogens with zero attached hydrogens (tertiary/aromatic N) is 1. The van der Waals surface area contributed by atoms with Gasteiger partial charge in [-0.15, -0.1) is 11.8 Å². The van der Waals surface area contributed by atoms with Gasteiger partial charge in [0.25, 0.3) is 11.4 Å². The van der Waals surface area contributed by atoms with Gasteiger partial charge < -0.3 is 20.3 Å². The van der Waals surface area contributed by atoms with Gasteiger partial charge in [0.15, 0.2) is 11.9 Å². The molecule has 2 heterocycles. The first kappa shape index (κ1) is 27.6. The maximum absolute atomic E-state index is 14.1. The maximum Gasteiger partial charge on any atom is 0.349 e. The van der Waals surface area contributed by atoms with Crippen LogP contribution < -0.4 is 5.32 Å². The normalized spacial score (nSPS) is 23.7. The third-order valence-corrected chi connectivity index (χ3v) is 7.79. The fourth-order valence-corrected chi connectivity index (χ4v) is 6.17. The van der Waals surface area contributed by atoms with E-state index >= 15 is 0 Å². The molecule has 4 rings (SSSR count). The Labute approximate surface area is 226 Å². The van der Waals surface area contributed by atoms with Gasteiger partial charge in [-0.25, -0.2) is 14.4 Å². The fraction of sp³-hybridized carbons (Fsp3) is 0.259. The van der Waals surface area contributed by atoms with Crippen LogP contribution in [0.15, 0.2) is 71.6 Å². The number of thioether (sulfide) groups is 1. The minimum absolute atomic E-state index is 0.210. The Morgan fingerprint density at radius 3 is 1.95 bits per heavy atom. The summed E-state index contributed by atoms with van der Waals surface area (Å²) in [5.41, 5.74) is -5.12. The first-order chi connectivity index (χ1) is 18.5. The van der Waals surface area contributed by atoms with E-state index in [0.717, 1.165) is 12.3 Å². The number of nitrogens with one attached hydrogen (secondary N) is 1. The summed E-state index contributed by atoms with van der Waals surface area (Å²) >= 11 is 0.650. The molecule has 0 spiro atoms. The van der Waals surface area contributed by atoms with Crippen LogP contribution in [0.2, 0.25) is 0 Å². The van der Waals surface area contributed by atoms with Crippen LogP contribution in [0.3, 0.4) is 0 Å². The molecule has 39 heavy (non-hydrogen) atoms. The van der Waals surface area contributed by atoms with E-state index in [2.05, 4.69) is 5.32 Å². The standard InChI is InChI=1S/C27H24N2O9S/c1-3-19(31)18-14-39-22-26(23(33)34,28-15(2)30)21(32)29(22)27(18,24(35)36)25(37)38-20(16-10-6-4-7-11-16)17-12-8-5-9-13-17/h4-14,20,22H,3H2,1-2H3,(H,28,30)(H,33,34)(H,35,36)/t22-,26?,27?/m0/s1. The molecule has 0 aliphatic carbocycles. The molecule has 2 aromatic carbocycles. The fourth-order valence-electron chi connectivity index (χ4n) is 4.76. The average molecular weight is 553 g/mol. The minimum atomic E-state index is -3.00. The molecule has 1 saturated heterocycles. The van der Waals surface area contributed by atoms with Crippen molar-refractivity contribution in [2.24, 2.45) is 0 Å². The van der Waals surface area contributed by atoms with Crippen molar-refractivity contribution >= 4 is 47.3 Å². The van der Waals surface area contributed by atoms with Gasteiger partial charge in [-0.2, -0.15) is 0 Å². The average Bonchev–Trinajstić information content (AvgIpc) is 2.93. The van der Waals surface area contributed by atoms with E-state index in [1.165, 1.54) is 6.92 Å². The molecular formula is C27H24N2O9S. The van der Waals surface area contributed by atoms with Crippen molar-refractivity contribution in [2.75, 3.05) is 0 Å². The second-order valence-electron chi connectivity index (χ2n) is 8.89. The van der Waals surface area contributed by atoms with Crippen LogP contribution in [0.25, 0.3) is 0 Å². The lowest BCUT2D eigenvalue weighted by Crippen LogP contribution is -2.89. The summed E-state index contributed by atoms with van der Waals surface area (Å²) in [5.74, 6) is -8.08. The van der Waals surface area contributed by atoms with Crippen molar-refractivity contribution in [3.05, 3.63) is 82.8 Å². The van der Waals surface area contributed by atoms with Crippen molar-refractivity contribution in [1.29, 1.82) is 0 Å². The number of esters is 1. The summed E-state index contributed by atoms with van der Waals surface area (Å²) in [6.45, 7) is 2.45. The molecule has 0 bridgehead atoms. The number of benzene rings is 2. The van der Waals surface area contributed by atoms with Crippen molar-refractivity contribution < 1.29 is 43.7 Å². The number of hydrogen-bond acceptors (Lipinski definition) is 8. The highest BCUT2D eigenvalue weighted by Crippen LogP contribution is 2.52. The number of carbonyl (C=O) groups is 6. The van der Waals surface area contributed by atoms with E-state index in [0.29, 0.717) is 27.8 Å². The van der Waals surface area contributed by atoms with Gasteiger partial charge in [0.1, 0.15) is 5.37 Å². The number of aliphatic carboxylic acids is 2. The summed E-state index contributed by atoms with van der Waals surface area (Å²) in [6.07, 6.45) is -1.34. The third kappa shape index (κ3) is 4.16. The van der Waals surface area contributed by atoms with E-state index in [1.54, 1.807) is 60.7 Å². The molecule has 11 nitrogen and oxygen atoms in total. The minimum Gasteiger partial charge on any atom is -0.479 e. The zero-order valence-electron chi connectivity index (χ0n) is 20.8. The van der Waals surface area contributed by atoms with Crippen LogP contribution >= 0.6 is 11.8 Å². The first-order valence-electron chi connectivity index (χ1n) is 11.8. The van der Waals surface area contributed by atoms with E-state index in [4.69, 9.17) is 4.74 Å². The number of ketones is 1. The summed E-state index contributed by atoms with van der Waals surface area (Å²) in [6, 6.07) is 16.9. The predicted molar refractivity (Wildman–Crippen MR) is 137 cm³/mol. The van der Waals surface area contributed by atoms with E-state index < -0.39 is 63.6 Å². The Bertz CT molecular complexity index is 1350.